The Hall–Kier alpha value is -0.380. The van der Waals surface area contributed by atoms with Crippen LogP contribution < -0.4 is 0 Å². The van der Waals surface area contributed by atoms with Gasteiger partial charge in [0.1, 0.15) is 0 Å². The lowest BCUT2D eigenvalue weighted by Crippen LogP contribution is -1.90. The second-order valence-corrected chi connectivity index (χ2v) is 7.58. The third kappa shape index (κ3) is 1.52. The molecule has 17 heavy (non-hydrogen) atoms. The van der Waals surface area contributed by atoms with Gasteiger partial charge in [-0.25, -0.2) is 0 Å². The Morgan fingerprint density at radius 2 is 1.53 bits per heavy atom. The molecule has 84 valence electrons. The molecule has 0 spiro atoms. The summed E-state index contributed by atoms with van der Waals surface area (Å²) in [5.41, 5.74) is 3.02. The quantitative estimate of drug-likeness (QED) is 0.633. The molecule has 0 saturated carbocycles. The molecule has 2 aromatic carbocycles. The summed E-state index contributed by atoms with van der Waals surface area (Å²) in [4.78, 5) is 2.90. The number of thioether (sulfide) groups is 2. The Balaban J connectivity index is 1.84. The van der Waals surface area contributed by atoms with E-state index in [-0.39, 0.29) is 0 Å². The number of hydrogen-bond acceptors (Lipinski definition) is 2. The topological polar surface area (TPSA) is 0 Å². The summed E-state index contributed by atoms with van der Waals surface area (Å²) in [5.74, 6) is 0. The van der Waals surface area contributed by atoms with Gasteiger partial charge in [0.05, 0.1) is 10.5 Å². The molecule has 0 radical (unpaired) electrons. The van der Waals surface area contributed by atoms with Gasteiger partial charge in [0, 0.05) is 14.3 Å². The van der Waals surface area contributed by atoms with Gasteiger partial charge >= 0.3 is 0 Å². The number of rotatable bonds is 0. The lowest BCUT2D eigenvalue weighted by atomic mass is 10.0. The van der Waals surface area contributed by atoms with Crippen molar-refractivity contribution in [3.05, 3.63) is 58.1 Å². The highest BCUT2D eigenvalue weighted by Crippen LogP contribution is 2.66. The predicted molar refractivity (Wildman–Crippen MR) is 77.8 cm³/mol. The zero-order chi connectivity index (χ0) is 11.4. The van der Waals surface area contributed by atoms with Crippen LogP contribution in [0.15, 0.2) is 56.7 Å². The van der Waals surface area contributed by atoms with Crippen LogP contribution in [0.1, 0.15) is 21.6 Å². The smallest absolute Gasteiger partial charge is 0.0519 e. The van der Waals surface area contributed by atoms with E-state index in [1.54, 1.807) is 0 Å². The largest absolute Gasteiger partial charge is 0.116 e. The first-order valence-corrected chi connectivity index (χ1v) is 8.10. The molecule has 0 aliphatic carbocycles. The summed E-state index contributed by atoms with van der Waals surface area (Å²) >= 11 is 7.59. The van der Waals surface area contributed by atoms with Crippen LogP contribution in [-0.2, 0) is 0 Å². The molecule has 0 N–H and O–H groups in total. The molecule has 4 rings (SSSR count). The predicted octanol–water partition coefficient (Wildman–Crippen LogP) is 5.44. The van der Waals surface area contributed by atoms with Crippen LogP contribution in [-0.4, -0.2) is 0 Å². The zero-order valence-electron chi connectivity index (χ0n) is 8.89. The molecule has 0 saturated heterocycles. The third-order valence-electron chi connectivity index (χ3n) is 3.29. The van der Waals surface area contributed by atoms with Gasteiger partial charge in [-0.3, -0.25) is 0 Å². The summed E-state index contributed by atoms with van der Waals surface area (Å²) in [6, 6.07) is 15.5. The van der Waals surface area contributed by atoms with E-state index in [9.17, 15) is 0 Å². The standard InChI is InChI=1S/C14H9BrS2/c15-8-5-6-10-12(7-8)17-13-9-3-1-2-4-11(9)16-14(10)13/h1-7,13-14H. The maximum atomic E-state index is 3.56. The van der Waals surface area contributed by atoms with Gasteiger partial charge in [-0.1, -0.05) is 40.2 Å². The van der Waals surface area contributed by atoms with E-state index in [0.717, 1.165) is 0 Å². The van der Waals surface area contributed by atoms with Gasteiger partial charge in [0.25, 0.3) is 0 Å². The summed E-state index contributed by atoms with van der Waals surface area (Å²) in [5, 5.41) is 1.22. The molecule has 2 aromatic rings. The van der Waals surface area contributed by atoms with E-state index < -0.39 is 0 Å². The summed E-state index contributed by atoms with van der Waals surface area (Å²) in [6.45, 7) is 0. The molecule has 0 aromatic heterocycles. The third-order valence-corrected chi connectivity index (χ3v) is 6.75. The fourth-order valence-electron chi connectivity index (χ4n) is 2.52. The SMILES string of the molecule is Brc1ccc2c(c1)SC1c3ccccc3SC21. The Bertz CT molecular complexity index is 609. The molecule has 2 aliphatic rings. The minimum Gasteiger partial charge on any atom is -0.116 e. The second kappa shape index (κ2) is 3.81. The monoisotopic (exact) mass is 320 g/mol. The molecular formula is C14H9BrS2. The molecule has 3 heteroatoms. The normalized spacial score (nSPS) is 24.3. The average Bonchev–Trinajstić information content (AvgIpc) is 2.84. The van der Waals surface area contributed by atoms with Crippen molar-refractivity contribution in [1.29, 1.82) is 0 Å². The van der Waals surface area contributed by atoms with Gasteiger partial charge in [-0.2, -0.15) is 0 Å². The molecule has 2 aliphatic heterocycles. The minimum atomic E-state index is 0.612. The number of halogens is 1. The van der Waals surface area contributed by atoms with Crippen molar-refractivity contribution < 1.29 is 0 Å². The Morgan fingerprint density at radius 3 is 2.41 bits per heavy atom. The van der Waals surface area contributed by atoms with Gasteiger partial charge in [0.15, 0.2) is 0 Å². The average molecular weight is 321 g/mol. The van der Waals surface area contributed by atoms with Gasteiger partial charge in [-0.05, 0) is 29.3 Å². The minimum absolute atomic E-state index is 0.612. The number of benzene rings is 2. The van der Waals surface area contributed by atoms with Crippen molar-refractivity contribution in [2.45, 2.75) is 20.3 Å². The van der Waals surface area contributed by atoms with Crippen LogP contribution in [0.2, 0.25) is 0 Å². The van der Waals surface area contributed by atoms with Crippen molar-refractivity contribution in [3.63, 3.8) is 0 Å². The van der Waals surface area contributed by atoms with E-state index in [4.69, 9.17) is 0 Å². The van der Waals surface area contributed by atoms with Crippen molar-refractivity contribution in [2.24, 2.45) is 0 Å². The van der Waals surface area contributed by atoms with Crippen LogP contribution in [0.4, 0.5) is 0 Å². The van der Waals surface area contributed by atoms with Crippen LogP contribution >= 0.6 is 39.5 Å². The zero-order valence-corrected chi connectivity index (χ0v) is 12.1. The highest BCUT2D eigenvalue weighted by Gasteiger charge is 2.41. The molecule has 0 amide bonds. The fourth-order valence-corrected chi connectivity index (χ4v) is 6.28. The maximum absolute atomic E-state index is 3.56. The molecule has 0 fully saturated rings. The first-order valence-electron chi connectivity index (χ1n) is 5.54. The van der Waals surface area contributed by atoms with Gasteiger partial charge in [-0.15, -0.1) is 23.5 Å². The highest BCUT2D eigenvalue weighted by molar-refractivity contribution is 9.10. The lowest BCUT2D eigenvalue weighted by Gasteiger charge is -2.07. The molecule has 2 atom stereocenters. The van der Waals surface area contributed by atoms with E-state index in [1.807, 2.05) is 23.5 Å². The van der Waals surface area contributed by atoms with Crippen LogP contribution in [0.25, 0.3) is 0 Å². The van der Waals surface area contributed by atoms with E-state index in [1.165, 1.54) is 25.4 Å². The maximum Gasteiger partial charge on any atom is 0.0519 e. The van der Waals surface area contributed by atoms with Crippen LogP contribution in [0.5, 0.6) is 0 Å². The van der Waals surface area contributed by atoms with Gasteiger partial charge < -0.3 is 0 Å². The van der Waals surface area contributed by atoms with Crippen molar-refractivity contribution >= 4 is 39.5 Å². The first kappa shape index (κ1) is 10.5. The summed E-state index contributed by atoms with van der Waals surface area (Å²) in [7, 11) is 0. The fraction of sp³-hybridized carbons (Fsp3) is 0.143. The summed E-state index contributed by atoms with van der Waals surface area (Å²) < 4.78 is 1.18. The van der Waals surface area contributed by atoms with E-state index in [0.29, 0.717) is 10.5 Å². The Labute approximate surface area is 117 Å². The summed E-state index contributed by atoms with van der Waals surface area (Å²) in [6.07, 6.45) is 0. The van der Waals surface area contributed by atoms with E-state index in [2.05, 4.69) is 58.4 Å². The van der Waals surface area contributed by atoms with Gasteiger partial charge in [0.2, 0.25) is 0 Å². The van der Waals surface area contributed by atoms with Crippen molar-refractivity contribution in [3.8, 4) is 0 Å². The Morgan fingerprint density at radius 1 is 0.824 bits per heavy atom. The van der Waals surface area contributed by atoms with Crippen molar-refractivity contribution in [1.82, 2.24) is 0 Å². The molecule has 0 bridgehead atoms. The van der Waals surface area contributed by atoms with E-state index >= 15 is 0 Å². The Kier molecular flexibility index (Phi) is 2.36. The first-order chi connectivity index (χ1) is 8.33. The van der Waals surface area contributed by atoms with Crippen LogP contribution in [0.3, 0.4) is 0 Å². The molecular weight excluding hydrogens is 312 g/mol. The lowest BCUT2D eigenvalue weighted by molar-refractivity contribution is 0.938. The highest BCUT2D eigenvalue weighted by atomic mass is 79.9. The molecule has 0 nitrogen and oxygen atoms in total. The number of fused-ring (bicyclic) bond motifs is 5. The second-order valence-electron chi connectivity index (χ2n) is 4.30. The van der Waals surface area contributed by atoms with Crippen molar-refractivity contribution in [2.75, 3.05) is 0 Å². The molecule has 2 unspecified atom stereocenters. The van der Waals surface area contributed by atoms with Crippen LogP contribution in [0, 0.1) is 0 Å². The number of hydrogen-bond donors (Lipinski definition) is 0. The molecule has 2 heterocycles.